The number of aromatic nitrogens is 1. The van der Waals surface area contributed by atoms with Crippen molar-refractivity contribution in [3.05, 3.63) is 75.8 Å². The topological polar surface area (TPSA) is 93.2 Å². The number of carboxylic acid groups (broad SMARTS) is 1. The summed E-state index contributed by atoms with van der Waals surface area (Å²) >= 11 is 6.03. The molecule has 3 heterocycles. The second-order valence-electron chi connectivity index (χ2n) is 13.3. The second-order valence-corrected chi connectivity index (χ2v) is 13.7. The van der Waals surface area contributed by atoms with Crippen LogP contribution in [0, 0.1) is 11.7 Å². The number of carbonyl (C=O) groups is 1. The first-order valence-electron chi connectivity index (χ1n) is 15.9. The van der Waals surface area contributed by atoms with Crippen molar-refractivity contribution in [2.75, 3.05) is 25.3 Å². The summed E-state index contributed by atoms with van der Waals surface area (Å²) in [5.41, 5.74) is 3.70. The Bertz CT molecular complexity index is 1630. The maximum Gasteiger partial charge on any atom is 0.329 e. The fourth-order valence-electron chi connectivity index (χ4n) is 7.96. The van der Waals surface area contributed by atoms with Gasteiger partial charge in [-0.1, -0.05) is 25.4 Å². The van der Waals surface area contributed by atoms with Gasteiger partial charge in [0.2, 0.25) is 6.79 Å². The molecule has 45 heavy (non-hydrogen) atoms. The Morgan fingerprint density at radius 1 is 1.20 bits per heavy atom. The first-order chi connectivity index (χ1) is 21.7. The molecular weight excluding hydrogens is 597 g/mol. The number of rotatable bonds is 8. The number of aliphatic carboxylic acids is 1. The van der Waals surface area contributed by atoms with E-state index in [0.717, 1.165) is 55.3 Å². The Labute approximate surface area is 267 Å². The first-order valence-corrected chi connectivity index (χ1v) is 16.3. The van der Waals surface area contributed by atoms with Gasteiger partial charge >= 0.3 is 5.97 Å². The van der Waals surface area contributed by atoms with Crippen molar-refractivity contribution < 1.29 is 28.5 Å². The zero-order valence-corrected chi connectivity index (χ0v) is 26.5. The molecule has 0 amide bonds. The fraction of sp³-hybridized carbons (Fsp3) is 0.486. The molecule has 1 fully saturated rings. The van der Waals surface area contributed by atoms with Crippen LogP contribution in [0.15, 0.2) is 42.6 Å². The summed E-state index contributed by atoms with van der Waals surface area (Å²) in [4.78, 5) is 19.9. The Morgan fingerprint density at radius 3 is 2.73 bits per heavy atom. The molecule has 10 heteroatoms. The molecule has 4 aliphatic rings. The molecule has 0 saturated heterocycles. The Hall–Kier alpha value is -3.56. The molecule has 3 aromatic rings. The summed E-state index contributed by atoms with van der Waals surface area (Å²) in [5, 5.41) is 13.7. The van der Waals surface area contributed by atoms with Crippen LogP contribution < -0.4 is 19.5 Å². The van der Waals surface area contributed by atoms with Crippen LogP contribution in [0.3, 0.4) is 0 Å². The lowest BCUT2D eigenvalue weighted by atomic mass is 9.69. The summed E-state index contributed by atoms with van der Waals surface area (Å²) in [7, 11) is 0. The lowest BCUT2D eigenvalue weighted by Gasteiger charge is -2.48. The summed E-state index contributed by atoms with van der Waals surface area (Å²) in [5.74, 6) is 1.62. The molecule has 2 N–H and O–H groups in total. The van der Waals surface area contributed by atoms with Crippen molar-refractivity contribution in [3.8, 4) is 17.2 Å². The van der Waals surface area contributed by atoms with E-state index in [1.165, 1.54) is 34.9 Å². The fourth-order valence-corrected chi connectivity index (χ4v) is 8.14. The number of nitrogens with zero attached hydrogens (tertiary/aromatic N) is 2. The number of nitrogens with one attached hydrogen (secondary N) is 1. The van der Waals surface area contributed by atoms with Crippen molar-refractivity contribution in [1.29, 1.82) is 0 Å². The van der Waals surface area contributed by atoms with E-state index >= 15 is 0 Å². The van der Waals surface area contributed by atoms with E-state index in [0.29, 0.717) is 43.9 Å². The molecule has 238 valence electrons. The molecule has 7 rings (SSSR count). The van der Waals surface area contributed by atoms with Gasteiger partial charge in [-0.15, -0.1) is 0 Å². The van der Waals surface area contributed by atoms with Crippen LogP contribution in [0.25, 0.3) is 0 Å². The minimum absolute atomic E-state index is 0.0438. The van der Waals surface area contributed by atoms with Crippen molar-refractivity contribution >= 4 is 23.3 Å². The summed E-state index contributed by atoms with van der Waals surface area (Å²) in [6.07, 6.45) is 7.18. The van der Waals surface area contributed by atoms with Gasteiger partial charge in [-0.2, -0.15) is 0 Å². The van der Waals surface area contributed by atoms with Gasteiger partial charge in [0.1, 0.15) is 17.1 Å². The maximum absolute atomic E-state index is 13.8. The quantitative estimate of drug-likeness (QED) is 0.267. The van der Waals surface area contributed by atoms with Crippen molar-refractivity contribution in [2.24, 2.45) is 5.92 Å². The zero-order valence-electron chi connectivity index (χ0n) is 25.7. The predicted octanol–water partition coefficient (Wildman–Crippen LogP) is 7.28. The molecule has 1 spiro atoms. The molecule has 8 nitrogen and oxygen atoms in total. The number of anilines is 1. The van der Waals surface area contributed by atoms with Crippen LogP contribution in [-0.4, -0.2) is 46.4 Å². The van der Waals surface area contributed by atoms with Gasteiger partial charge < -0.3 is 24.6 Å². The number of fused-ring (bicyclic) bond motifs is 4. The molecule has 2 aromatic carbocycles. The third-order valence-electron chi connectivity index (χ3n) is 10.3. The largest absolute Gasteiger partial charge is 0.493 e. The number of ether oxygens (including phenoxy) is 3. The summed E-state index contributed by atoms with van der Waals surface area (Å²) < 4.78 is 31.8. The number of hydrogen-bond donors (Lipinski definition) is 2. The summed E-state index contributed by atoms with van der Waals surface area (Å²) in [6.45, 7) is 6.76. The highest BCUT2D eigenvalue weighted by Gasteiger charge is 2.54. The highest BCUT2D eigenvalue weighted by molar-refractivity contribution is 6.31. The van der Waals surface area contributed by atoms with Crippen LogP contribution in [0.5, 0.6) is 17.2 Å². The SMILES string of the molecule is C[C@@H](COc1ccnc2c1[C@H](C)CCC2)CN1Cc2cc3c(cc2C12CCC(Nc1ccc(F)c(Cl)c1)(C(=O)O)CC2)OCO3. The summed E-state index contributed by atoms with van der Waals surface area (Å²) in [6, 6.07) is 10.4. The van der Waals surface area contributed by atoms with E-state index in [1.807, 2.05) is 12.3 Å². The number of hydrogen-bond acceptors (Lipinski definition) is 7. The van der Waals surface area contributed by atoms with Gasteiger partial charge in [-0.3, -0.25) is 9.88 Å². The Morgan fingerprint density at radius 2 is 1.98 bits per heavy atom. The van der Waals surface area contributed by atoms with Crippen LogP contribution in [0.1, 0.15) is 80.7 Å². The highest BCUT2D eigenvalue weighted by Crippen LogP contribution is 2.54. The normalized spacial score (nSPS) is 25.9. The molecule has 0 bridgehead atoms. The zero-order chi connectivity index (χ0) is 31.3. The molecule has 1 saturated carbocycles. The van der Waals surface area contributed by atoms with Gasteiger partial charge in [-0.25, -0.2) is 9.18 Å². The van der Waals surface area contributed by atoms with E-state index in [4.69, 9.17) is 25.8 Å². The van der Waals surface area contributed by atoms with Gasteiger partial charge in [0.05, 0.1) is 11.6 Å². The smallest absolute Gasteiger partial charge is 0.329 e. The van der Waals surface area contributed by atoms with Crippen molar-refractivity contribution in [3.63, 3.8) is 0 Å². The minimum Gasteiger partial charge on any atom is -0.493 e. The molecular formula is C35H39ClFN3O5. The van der Waals surface area contributed by atoms with E-state index < -0.39 is 17.3 Å². The van der Waals surface area contributed by atoms with E-state index in [-0.39, 0.29) is 23.3 Å². The maximum atomic E-state index is 13.8. The third kappa shape index (κ3) is 5.37. The van der Waals surface area contributed by atoms with E-state index in [9.17, 15) is 14.3 Å². The number of benzene rings is 2. The lowest BCUT2D eigenvalue weighted by Crippen LogP contribution is -2.55. The Balaban J connectivity index is 1.13. The van der Waals surface area contributed by atoms with Crippen LogP contribution in [-0.2, 0) is 23.3 Å². The molecule has 0 unspecified atom stereocenters. The van der Waals surface area contributed by atoms with Crippen molar-refractivity contribution in [1.82, 2.24) is 9.88 Å². The van der Waals surface area contributed by atoms with Crippen molar-refractivity contribution in [2.45, 2.75) is 82.3 Å². The van der Waals surface area contributed by atoms with Crippen LogP contribution in [0.4, 0.5) is 10.1 Å². The third-order valence-corrected chi connectivity index (χ3v) is 10.6. The van der Waals surface area contributed by atoms with Gasteiger partial charge in [0.25, 0.3) is 0 Å². The monoisotopic (exact) mass is 635 g/mol. The first kappa shape index (κ1) is 30.1. The van der Waals surface area contributed by atoms with Gasteiger partial charge in [0.15, 0.2) is 11.5 Å². The average molecular weight is 636 g/mol. The minimum atomic E-state index is -1.21. The number of aryl methyl sites for hydroxylation is 1. The van der Waals surface area contributed by atoms with Gasteiger partial charge in [0, 0.05) is 47.7 Å². The van der Waals surface area contributed by atoms with E-state index in [2.05, 4.69) is 41.2 Å². The average Bonchev–Trinajstić information content (AvgIpc) is 3.60. The lowest BCUT2D eigenvalue weighted by molar-refractivity contribution is -0.145. The number of carboxylic acids is 1. The molecule has 2 aliphatic heterocycles. The number of pyridine rings is 1. The molecule has 2 atom stereocenters. The second kappa shape index (κ2) is 11.7. The van der Waals surface area contributed by atoms with Crippen LogP contribution in [0.2, 0.25) is 5.02 Å². The van der Waals surface area contributed by atoms with Gasteiger partial charge in [-0.05, 0) is 98.4 Å². The van der Waals surface area contributed by atoms with E-state index in [1.54, 1.807) is 0 Å². The predicted molar refractivity (Wildman–Crippen MR) is 169 cm³/mol. The number of halogens is 2. The van der Waals surface area contributed by atoms with Crippen LogP contribution >= 0.6 is 11.6 Å². The highest BCUT2D eigenvalue weighted by atomic mass is 35.5. The standard InChI is InChI=1S/C35H39ClFN3O5/c1-21(19-43-29-8-13-38-28-5-3-4-22(2)32(28)29)17-40-18-23-14-30-31(45-20-44-30)16-25(23)35(40)11-9-34(10-12-35,33(41)42)39-24-6-7-27(37)26(36)15-24/h6-8,13-16,21-22,39H,3-5,9-12,17-20H2,1-2H3,(H,41,42)/t21-,22-,34?,35?/m1/s1. The Kier molecular flexibility index (Phi) is 7.80. The molecule has 0 radical (unpaired) electrons. The molecule has 1 aromatic heterocycles. The molecule has 2 aliphatic carbocycles.